The summed E-state index contributed by atoms with van der Waals surface area (Å²) >= 11 is 6.00. The molecule has 1 aliphatic rings. The minimum absolute atomic E-state index is 0.186. The van der Waals surface area contributed by atoms with Gasteiger partial charge in [0.15, 0.2) is 0 Å². The van der Waals surface area contributed by atoms with Gasteiger partial charge in [-0.05, 0) is 46.6 Å². The summed E-state index contributed by atoms with van der Waals surface area (Å²) in [5.41, 5.74) is 0.430. The largest absolute Gasteiger partial charge is 0.444 e. The number of aromatic nitrogens is 2. The Morgan fingerprint density at radius 2 is 2.14 bits per heavy atom. The standard InChI is InChI=1S/C15H22ClN3O2/c1-10-17-12(8-13(16)18-10)11-6-5-7-19(9-11)14(20)21-15(2,3)4/h8,11H,5-7,9H2,1-4H3/t11-/m0/s1. The van der Waals surface area contributed by atoms with Crippen LogP contribution in [0.1, 0.15) is 51.0 Å². The number of amides is 1. The summed E-state index contributed by atoms with van der Waals surface area (Å²) in [5.74, 6) is 0.845. The molecule has 1 saturated heterocycles. The fourth-order valence-corrected chi connectivity index (χ4v) is 2.71. The van der Waals surface area contributed by atoms with Gasteiger partial charge >= 0.3 is 6.09 Å². The first-order valence-electron chi connectivity index (χ1n) is 7.23. The molecule has 116 valence electrons. The summed E-state index contributed by atoms with van der Waals surface area (Å²) in [6.07, 6.45) is 1.67. The topological polar surface area (TPSA) is 55.3 Å². The van der Waals surface area contributed by atoms with Crippen LogP contribution in [-0.2, 0) is 4.74 Å². The molecule has 0 aromatic carbocycles. The van der Waals surface area contributed by atoms with E-state index in [2.05, 4.69) is 9.97 Å². The molecule has 1 atom stereocenters. The van der Waals surface area contributed by atoms with Crippen LogP contribution in [0.5, 0.6) is 0 Å². The summed E-state index contributed by atoms with van der Waals surface area (Å²) in [5, 5.41) is 0.451. The Hall–Kier alpha value is -1.36. The zero-order valence-corrected chi connectivity index (χ0v) is 13.8. The van der Waals surface area contributed by atoms with Crippen molar-refractivity contribution in [3.05, 3.63) is 22.7 Å². The average Bonchev–Trinajstić information content (AvgIpc) is 2.36. The molecule has 0 N–H and O–H groups in total. The molecule has 0 aliphatic carbocycles. The van der Waals surface area contributed by atoms with E-state index in [0.717, 1.165) is 25.1 Å². The average molecular weight is 312 g/mol. The molecule has 2 rings (SSSR count). The summed E-state index contributed by atoms with van der Waals surface area (Å²) in [6, 6.07) is 1.79. The molecule has 1 fully saturated rings. The lowest BCUT2D eigenvalue weighted by atomic mass is 9.95. The fourth-order valence-electron chi connectivity index (χ4n) is 2.47. The van der Waals surface area contributed by atoms with Crippen LogP contribution in [-0.4, -0.2) is 39.7 Å². The number of aryl methyl sites for hydroxylation is 1. The van der Waals surface area contributed by atoms with E-state index in [1.165, 1.54) is 0 Å². The monoisotopic (exact) mass is 311 g/mol. The van der Waals surface area contributed by atoms with Gasteiger partial charge in [0.1, 0.15) is 16.6 Å². The molecule has 1 aromatic rings. The molecule has 2 heterocycles. The van der Waals surface area contributed by atoms with Gasteiger partial charge in [-0.25, -0.2) is 14.8 Å². The van der Waals surface area contributed by atoms with Gasteiger partial charge in [0.25, 0.3) is 0 Å². The number of ether oxygens (including phenoxy) is 1. The van der Waals surface area contributed by atoms with Gasteiger partial charge in [0, 0.05) is 19.0 Å². The van der Waals surface area contributed by atoms with Crippen molar-refractivity contribution in [3.63, 3.8) is 0 Å². The molecule has 0 radical (unpaired) electrons. The van der Waals surface area contributed by atoms with Gasteiger partial charge in [-0.15, -0.1) is 0 Å². The zero-order chi connectivity index (χ0) is 15.6. The van der Waals surface area contributed by atoms with Gasteiger partial charge in [-0.2, -0.15) is 0 Å². The summed E-state index contributed by atoms with van der Waals surface area (Å²) in [6.45, 7) is 8.79. The molecule has 0 spiro atoms. The van der Waals surface area contributed by atoms with Crippen molar-refractivity contribution in [2.24, 2.45) is 0 Å². The summed E-state index contributed by atoms with van der Waals surface area (Å²) in [7, 11) is 0. The predicted octanol–water partition coefficient (Wildman–Crippen LogP) is 3.55. The van der Waals surface area contributed by atoms with Crippen LogP contribution in [0.3, 0.4) is 0 Å². The number of carbonyl (C=O) groups is 1. The predicted molar refractivity (Wildman–Crippen MR) is 81.6 cm³/mol. The molecule has 5 nitrogen and oxygen atoms in total. The zero-order valence-electron chi connectivity index (χ0n) is 13.0. The van der Waals surface area contributed by atoms with E-state index >= 15 is 0 Å². The van der Waals surface area contributed by atoms with E-state index in [0.29, 0.717) is 17.5 Å². The van der Waals surface area contributed by atoms with Crippen molar-refractivity contribution >= 4 is 17.7 Å². The maximum absolute atomic E-state index is 12.2. The first-order valence-corrected chi connectivity index (χ1v) is 7.61. The number of halogens is 1. The smallest absolute Gasteiger partial charge is 0.410 e. The van der Waals surface area contributed by atoms with Crippen LogP contribution >= 0.6 is 11.6 Å². The van der Waals surface area contributed by atoms with Crippen molar-refractivity contribution < 1.29 is 9.53 Å². The number of likely N-dealkylation sites (tertiary alicyclic amines) is 1. The number of carbonyl (C=O) groups excluding carboxylic acids is 1. The molecule has 0 saturated carbocycles. The molecular formula is C15H22ClN3O2. The Balaban J connectivity index is 2.08. The second-order valence-electron chi connectivity index (χ2n) is 6.43. The van der Waals surface area contributed by atoms with Gasteiger partial charge in [-0.1, -0.05) is 11.6 Å². The lowest BCUT2D eigenvalue weighted by molar-refractivity contribution is 0.0197. The number of hydrogen-bond donors (Lipinski definition) is 0. The molecule has 1 aromatic heterocycles. The molecule has 1 amide bonds. The number of nitrogens with zero attached hydrogens (tertiary/aromatic N) is 3. The first-order chi connectivity index (χ1) is 9.74. The van der Waals surface area contributed by atoms with Crippen LogP contribution in [0.2, 0.25) is 5.15 Å². The lowest BCUT2D eigenvalue weighted by Crippen LogP contribution is -2.42. The Bertz CT molecular complexity index is 508. The van der Waals surface area contributed by atoms with Crippen molar-refractivity contribution in [1.82, 2.24) is 14.9 Å². The van der Waals surface area contributed by atoms with Gasteiger partial charge in [-0.3, -0.25) is 0 Å². The van der Waals surface area contributed by atoms with E-state index in [9.17, 15) is 4.79 Å². The third-order valence-corrected chi connectivity index (χ3v) is 3.51. The Morgan fingerprint density at radius 3 is 2.76 bits per heavy atom. The number of hydrogen-bond acceptors (Lipinski definition) is 4. The van der Waals surface area contributed by atoms with Crippen molar-refractivity contribution in [1.29, 1.82) is 0 Å². The maximum atomic E-state index is 12.2. The summed E-state index contributed by atoms with van der Waals surface area (Å²) < 4.78 is 5.44. The van der Waals surface area contributed by atoms with E-state index in [1.54, 1.807) is 11.0 Å². The Labute approximate surface area is 130 Å². The molecular weight excluding hydrogens is 290 g/mol. The highest BCUT2D eigenvalue weighted by Crippen LogP contribution is 2.27. The van der Waals surface area contributed by atoms with Crippen molar-refractivity contribution in [3.8, 4) is 0 Å². The normalized spacial score (nSPS) is 19.5. The highest BCUT2D eigenvalue weighted by Gasteiger charge is 2.29. The van der Waals surface area contributed by atoms with Crippen LogP contribution in [0.15, 0.2) is 6.07 Å². The minimum atomic E-state index is -0.473. The maximum Gasteiger partial charge on any atom is 0.410 e. The number of rotatable bonds is 1. The van der Waals surface area contributed by atoms with Crippen LogP contribution in [0.4, 0.5) is 4.79 Å². The lowest BCUT2D eigenvalue weighted by Gasteiger charge is -2.34. The SMILES string of the molecule is Cc1nc(Cl)cc([C@H]2CCCN(C(=O)OC(C)(C)C)C2)n1. The van der Waals surface area contributed by atoms with Crippen molar-refractivity contribution in [2.45, 2.75) is 52.1 Å². The van der Waals surface area contributed by atoms with E-state index < -0.39 is 5.60 Å². The Morgan fingerprint density at radius 1 is 1.43 bits per heavy atom. The highest BCUT2D eigenvalue weighted by atomic mass is 35.5. The van der Waals surface area contributed by atoms with E-state index in [-0.39, 0.29) is 12.0 Å². The Kier molecular flexibility index (Phi) is 4.71. The second kappa shape index (κ2) is 6.18. The third kappa shape index (κ3) is 4.56. The molecule has 6 heteroatoms. The van der Waals surface area contributed by atoms with Gasteiger partial charge < -0.3 is 9.64 Å². The van der Waals surface area contributed by atoms with Gasteiger partial charge in [0.2, 0.25) is 0 Å². The number of piperidine rings is 1. The molecule has 1 aliphatic heterocycles. The van der Waals surface area contributed by atoms with Crippen LogP contribution in [0.25, 0.3) is 0 Å². The third-order valence-electron chi connectivity index (χ3n) is 3.32. The minimum Gasteiger partial charge on any atom is -0.444 e. The van der Waals surface area contributed by atoms with Crippen molar-refractivity contribution in [2.75, 3.05) is 13.1 Å². The molecule has 21 heavy (non-hydrogen) atoms. The second-order valence-corrected chi connectivity index (χ2v) is 6.82. The fraction of sp³-hybridized carbons (Fsp3) is 0.667. The highest BCUT2D eigenvalue weighted by molar-refractivity contribution is 6.29. The first kappa shape index (κ1) is 16.0. The van der Waals surface area contributed by atoms with E-state index in [1.807, 2.05) is 27.7 Å². The quantitative estimate of drug-likeness (QED) is 0.744. The molecule has 0 bridgehead atoms. The van der Waals surface area contributed by atoms with Crippen LogP contribution in [0, 0.1) is 6.92 Å². The van der Waals surface area contributed by atoms with Gasteiger partial charge in [0.05, 0.1) is 5.69 Å². The van der Waals surface area contributed by atoms with Crippen LogP contribution < -0.4 is 0 Å². The summed E-state index contributed by atoms with van der Waals surface area (Å²) in [4.78, 5) is 22.5. The molecule has 0 unspecified atom stereocenters. The van der Waals surface area contributed by atoms with E-state index in [4.69, 9.17) is 16.3 Å².